The van der Waals surface area contributed by atoms with E-state index in [-0.39, 0.29) is 24.5 Å². The molecular weight excluding hydrogens is 492 g/mol. The van der Waals surface area contributed by atoms with Gasteiger partial charge in [0.25, 0.3) is 0 Å². The Morgan fingerprint density at radius 2 is 1.55 bits per heavy atom. The standard InChI is InChI=1S/C26H38N6O6/c1-14(2)9-19(27)23(34)30-20(10-16-5-7-18(33)8-6-16)24(35)32-22(15(3)4)25(36)31-21(26(37)38)11-17-12-28-13-29-17/h5-8,12-15,19-22,33H,9-11,27H2,1-4H3,(H,28,29)(H,30,34)(H,31,36)(H,32,35)(H,37,38). The first-order valence-electron chi connectivity index (χ1n) is 12.5. The van der Waals surface area contributed by atoms with E-state index in [1.807, 2.05) is 13.8 Å². The number of carboxylic acid groups (broad SMARTS) is 1. The van der Waals surface area contributed by atoms with Crippen molar-refractivity contribution in [3.8, 4) is 5.75 Å². The Bertz CT molecular complexity index is 1070. The second-order valence-electron chi connectivity index (χ2n) is 10.1. The van der Waals surface area contributed by atoms with Crippen LogP contribution in [0.25, 0.3) is 0 Å². The second-order valence-corrected chi connectivity index (χ2v) is 10.1. The van der Waals surface area contributed by atoms with Gasteiger partial charge in [-0.3, -0.25) is 14.4 Å². The summed E-state index contributed by atoms with van der Waals surface area (Å²) in [4.78, 5) is 57.6. The molecule has 0 bridgehead atoms. The third-order valence-electron chi connectivity index (χ3n) is 5.91. The van der Waals surface area contributed by atoms with E-state index in [1.54, 1.807) is 26.0 Å². The number of aliphatic carboxylic acids is 1. The number of phenolic OH excluding ortho intramolecular Hbond substituents is 1. The predicted molar refractivity (Wildman–Crippen MR) is 140 cm³/mol. The van der Waals surface area contributed by atoms with Crippen molar-refractivity contribution in [3.63, 3.8) is 0 Å². The van der Waals surface area contributed by atoms with Gasteiger partial charge >= 0.3 is 5.97 Å². The zero-order valence-electron chi connectivity index (χ0n) is 22.1. The molecule has 12 heteroatoms. The van der Waals surface area contributed by atoms with Crippen molar-refractivity contribution in [2.24, 2.45) is 17.6 Å². The Hall–Kier alpha value is -3.93. The van der Waals surface area contributed by atoms with Gasteiger partial charge in [0.1, 0.15) is 23.9 Å². The van der Waals surface area contributed by atoms with Crippen molar-refractivity contribution in [3.05, 3.63) is 48.0 Å². The molecule has 12 nitrogen and oxygen atoms in total. The molecule has 1 aromatic carbocycles. The lowest BCUT2D eigenvalue weighted by Gasteiger charge is -2.27. The van der Waals surface area contributed by atoms with E-state index in [0.717, 1.165) is 0 Å². The quantitative estimate of drug-likeness (QED) is 0.183. The minimum Gasteiger partial charge on any atom is -0.508 e. The molecule has 38 heavy (non-hydrogen) atoms. The lowest BCUT2D eigenvalue weighted by molar-refractivity contribution is -0.142. The molecule has 1 heterocycles. The number of phenols is 1. The third kappa shape index (κ3) is 9.51. The molecular formula is C26H38N6O6. The maximum absolute atomic E-state index is 13.4. The van der Waals surface area contributed by atoms with Gasteiger partial charge in [-0.2, -0.15) is 0 Å². The van der Waals surface area contributed by atoms with E-state index in [0.29, 0.717) is 17.7 Å². The Labute approximate surface area is 221 Å². The van der Waals surface area contributed by atoms with Crippen molar-refractivity contribution >= 4 is 23.7 Å². The molecule has 0 saturated heterocycles. The van der Waals surface area contributed by atoms with E-state index in [2.05, 4.69) is 25.9 Å². The van der Waals surface area contributed by atoms with Gasteiger partial charge in [0.15, 0.2) is 0 Å². The normalized spacial score (nSPS) is 14.4. The van der Waals surface area contributed by atoms with Crippen molar-refractivity contribution in [1.29, 1.82) is 0 Å². The number of aromatic amines is 1. The van der Waals surface area contributed by atoms with Gasteiger partial charge in [-0.1, -0.05) is 39.8 Å². The lowest BCUT2D eigenvalue weighted by Crippen LogP contribution is -2.59. The zero-order valence-corrected chi connectivity index (χ0v) is 22.1. The topological polar surface area (TPSA) is 200 Å². The van der Waals surface area contributed by atoms with Gasteiger partial charge in [-0.25, -0.2) is 9.78 Å². The fourth-order valence-electron chi connectivity index (χ4n) is 3.84. The molecule has 0 saturated carbocycles. The number of amides is 3. The molecule has 208 valence electrons. The van der Waals surface area contributed by atoms with Gasteiger partial charge in [0.05, 0.1) is 12.4 Å². The summed E-state index contributed by atoms with van der Waals surface area (Å²) in [6.45, 7) is 7.27. The van der Waals surface area contributed by atoms with Crippen LogP contribution in [0.4, 0.5) is 0 Å². The molecule has 0 aliphatic rings. The average Bonchev–Trinajstić information content (AvgIpc) is 3.35. The first kappa shape index (κ1) is 30.3. The summed E-state index contributed by atoms with van der Waals surface area (Å²) in [6.07, 6.45) is 3.35. The Balaban J connectivity index is 2.19. The second kappa shape index (κ2) is 14.1. The van der Waals surface area contributed by atoms with E-state index >= 15 is 0 Å². The molecule has 0 aliphatic heterocycles. The number of hydrogen-bond donors (Lipinski definition) is 7. The molecule has 4 unspecified atom stereocenters. The van der Waals surface area contributed by atoms with Crippen LogP contribution in [0.1, 0.15) is 45.4 Å². The average molecular weight is 531 g/mol. The van der Waals surface area contributed by atoms with Crippen LogP contribution in [0.2, 0.25) is 0 Å². The number of nitrogens with one attached hydrogen (secondary N) is 4. The summed E-state index contributed by atoms with van der Waals surface area (Å²) >= 11 is 0. The molecule has 0 aliphatic carbocycles. The highest BCUT2D eigenvalue weighted by atomic mass is 16.4. The minimum absolute atomic E-state index is 0.0207. The summed E-state index contributed by atoms with van der Waals surface area (Å²) in [5.74, 6) is -3.22. The van der Waals surface area contributed by atoms with Crippen LogP contribution in [-0.4, -0.2) is 68.0 Å². The zero-order chi connectivity index (χ0) is 28.4. The van der Waals surface area contributed by atoms with Gasteiger partial charge in [0.2, 0.25) is 17.7 Å². The number of imidazole rings is 1. The van der Waals surface area contributed by atoms with Gasteiger partial charge < -0.3 is 36.9 Å². The number of nitrogens with two attached hydrogens (primary N) is 1. The molecule has 0 spiro atoms. The number of hydrogen-bond acceptors (Lipinski definition) is 7. The maximum Gasteiger partial charge on any atom is 0.326 e. The Kier molecular flexibility index (Phi) is 11.3. The Morgan fingerprint density at radius 3 is 2.08 bits per heavy atom. The van der Waals surface area contributed by atoms with Crippen molar-refractivity contribution in [2.75, 3.05) is 0 Å². The summed E-state index contributed by atoms with van der Waals surface area (Å²) in [5, 5.41) is 27.0. The number of rotatable bonds is 14. The number of aromatic nitrogens is 2. The molecule has 1 aromatic heterocycles. The van der Waals surface area contributed by atoms with Crippen molar-refractivity contribution in [1.82, 2.24) is 25.9 Å². The smallest absolute Gasteiger partial charge is 0.326 e. The first-order valence-corrected chi connectivity index (χ1v) is 12.5. The summed E-state index contributed by atoms with van der Waals surface area (Å²) in [5.41, 5.74) is 7.20. The van der Waals surface area contributed by atoms with Gasteiger partial charge in [-0.15, -0.1) is 0 Å². The van der Waals surface area contributed by atoms with E-state index in [1.165, 1.54) is 24.7 Å². The van der Waals surface area contributed by atoms with E-state index in [9.17, 15) is 29.4 Å². The summed E-state index contributed by atoms with van der Waals surface area (Å²) in [7, 11) is 0. The highest BCUT2D eigenvalue weighted by molar-refractivity contribution is 5.94. The molecule has 0 fully saturated rings. The predicted octanol–water partition coefficient (Wildman–Crippen LogP) is 0.469. The minimum atomic E-state index is -1.25. The molecule has 2 rings (SSSR count). The van der Waals surface area contributed by atoms with Crippen molar-refractivity contribution < 1.29 is 29.4 Å². The van der Waals surface area contributed by atoms with Crippen LogP contribution >= 0.6 is 0 Å². The van der Waals surface area contributed by atoms with Crippen LogP contribution in [0.15, 0.2) is 36.8 Å². The number of carbonyl (C=O) groups is 4. The van der Waals surface area contributed by atoms with Crippen LogP contribution in [-0.2, 0) is 32.0 Å². The molecule has 4 atom stereocenters. The lowest BCUT2D eigenvalue weighted by atomic mass is 9.99. The number of carbonyl (C=O) groups excluding carboxylic acids is 3. The van der Waals surface area contributed by atoms with Crippen LogP contribution in [0.5, 0.6) is 5.75 Å². The fraction of sp³-hybridized carbons (Fsp3) is 0.500. The monoisotopic (exact) mass is 530 g/mol. The maximum atomic E-state index is 13.4. The molecule has 8 N–H and O–H groups in total. The first-order chi connectivity index (χ1) is 17.9. The molecule has 0 radical (unpaired) electrons. The highest BCUT2D eigenvalue weighted by Gasteiger charge is 2.32. The number of H-pyrrole nitrogens is 1. The van der Waals surface area contributed by atoms with Crippen LogP contribution in [0.3, 0.4) is 0 Å². The van der Waals surface area contributed by atoms with Crippen molar-refractivity contribution in [2.45, 2.75) is 71.1 Å². The number of nitrogens with zero attached hydrogens (tertiary/aromatic N) is 1. The third-order valence-corrected chi connectivity index (χ3v) is 5.91. The number of carboxylic acids is 1. The SMILES string of the molecule is CC(C)CC(N)C(=O)NC(Cc1ccc(O)cc1)C(=O)NC(C(=O)NC(Cc1cnc[nH]1)C(=O)O)C(C)C. The number of benzene rings is 1. The number of aromatic hydroxyl groups is 1. The van der Waals surface area contributed by atoms with Gasteiger partial charge in [0, 0.05) is 24.7 Å². The van der Waals surface area contributed by atoms with Crippen LogP contribution in [0, 0.1) is 11.8 Å². The fourth-order valence-corrected chi connectivity index (χ4v) is 3.84. The van der Waals surface area contributed by atoms with E-state index in [4.69, 9.17) is 5.73 Å². The van der Waals surface area contributed by atoms with Crippen LogP contribution < -0.4 is 21.7 Å². The highest BCUT2D eigenvalue weighted by Crippen LogP contribution is 2.13. The largest absolute Gasteiger partial charge is 0.508 e. The summed E-state index contributed by atoms with van der Waals surface area (Å²) < 4.78 is 0. The Morgan fingerprint density at radius 1 is 0.921 bits per heavy atom. The van der Waals surface area contributed by atoms with E-state index < -0.39 is 53.8 Å². The molecule has 2 aromatic rings. The van der Waals surface area contributed by atoms with Gasteiger partial charge in [-0.05, 0) is 36.0 Å². The summed E-state index contributed by atoms with van der Waals surface area (Å²) in [6, 6.07) is 1.95. The molecule has 3 amide bonds.